The van der Waals surface area contributed by atoms with Crippen molar-refractivity contribution in [1.29, 1.82) is 0 Å². The number of likely N-dealkylation sites (tertiary alicyclic amines) is 1. The van der Waals surface area contributed by atoms with Crippen LogP contribution in [-0.2, 0) is 6.42 Å². The molecule has 0 amide bonds. The minimum absolute atomic E-state index is 0.627. The molecule has 0 N–H and O–H groups in total. The van der Waals surface area contributed by atoms with Crippen LogP contribution in [0.1, 0.15) is 53.0 Å². The van der Waals surface area contributed by atoms with Crippen molar-refractivity contribution in [3.8, 4) is 0 Å². The second-order valence-electron chi connectivity index (χ2n) is 6.22. The Morgan fingerprint density at radius 1 is 1.04 bits per heavy atom. The summed E-state index contributed by atoms with van der Waals surface area (Å²) in [5.74, 6) is 0.888. The lowest BCUT2D eigenvalue weighted by atomic mass is 9.95. The van der Waals surface area contributed by atoms with E-state index in [-0.39, 0.29) is 0 Å². The van der Waals surface area contributed by atoms with E-state index in [1.807, 2.05) is 27.7 Å². The van der Waals surface area contributed by atoms with Gasteiger partial charge in [-0.15, -0.1) is 0 Å². The number of rotatable bonds is 5. The van der Waals surface area contributed by atoms with Crippen molar-refractivity contribution in [2.45, 2.75) is 59.9 Å². The molecule has 134 valence electrons. The Balaban J connectivity index is 0.00000112. The fraction of sp³-hybridized carbons (Fsp3) is 0.714. The summed E-state index contributed by atoms with van der Waals surface area (Å²) in [4.78, 5) is 4.99. The highest BCUT2D eigenvalue weighted by Gasteiger charge is 2.20. The van der Waals surface area contributed by atoms with E-state index in [0.29, 0.717) is 6.04 Å². The van der Waals surface area contributed by atoms with Gasteiger partial charge in [-0.3, -0.25) is 0 Å². The molecule has 1 aliphatic rings. The molecule has 1 aromatic carbocycles. The van der Waals surface area contributed by atoms with Crippen LogP contribution in [-0.4, -0.2) is 49.6 Å². The van der Waals surface area contributed by atoms with E-state index in [0.717, 1.165) is 12.3 Å². The van der Waals surface area contributed by atoms with E-state index in [2.05, 4.69) is 61.2 Å². The molecule has 1 heterocycles. The van der Waals surface area contributed by atoms with Crippen LogP contribution in [0.5, 0.6) is 0 Å². The zero-order valence-corrected chi connectivity index (χ0v) is 16.7. The Labute approximate surface area is 145 Å². The maximum atomic E-state index is 2.54. The summed E-state index contributed by atoms with van der Waals surface area (Å²) in [6.07, 6.45) is 3.88. The van der Waals surface area contributed by atoms with Crippen molar-refractivity contribution >= 4 is 0 Å². The van der Waals surface area contributed by atoms with E-state index >= 15 is 0 Å². The van der Waals surface area contributed by atoms with E-state index < -0.39 is 0 Å². The number of hydrogen-bond acceptors (Lipinski definition) is 2. The molecular weight excluding hydrogens is 280 g/mol. The third-order valence-corrected chi connectivity index (χ3v) is 4.51. The highest BCUT2D eigenvalue weighted by Crippen LogP contribution is 2.18. The summed E-state index contributed by atoms with van der Waals surface area (Å²) in [5, 5.41) is 0. The first-order valence-corrected chi connectivity index (χ1v) is 9.58. The maximum Gasteiger partial charge on any atom is 0.0104 e. The van der Waals surface area contributed by atoms with Crippen molar-refractivity contribution in [1.82, 2.24) is 9.80 Å². The molecule has 1 aromatic rings. The molecule has 0 bridgehead atoms. The maximum absolute atomic E-state index is 2.54. The summed E-state index contributed by atoms with van der Waals surface area (Å²) < 4.78 is 0. The highest BCUT2D eigenvalue weighted by atomic mass is 15.1. The predicted molar refractivity (Wildman–Crippen MR) is 105 cm³/mol. The Bertz CT molecular complexity index is 355. The Morgan fingerprint density at radius 3 is 2.09 bits per heavy atom. The molecule has 0 spiro atoms. The first-order valence-electron chi connectivity index (χ1n) is 9.58. The molecule has 1 unspecified atom stereocenters. The molecule has 1 aliphatic heterocycles. The van der Waals surface area contributed by atoms with Crippen molar-refractivity contribution in [2.24, 2.45) is 5.92 Å². The van der Waals surface area contributed by atoms with Gasteiger partial charge in [-0.25, -0.2) is 0 Å². The standard InChI is InChI=1S/C17H28N2.2C2H6/c1-15(13-16-7-5-4-6-8-16)19(3)14-17-9-11-18(2)12-10-17;2*1-2/h4-8,15,17H,9-14H2,1-3H3;2*1-2H3. The molecule has 1 atom stereocenters. The summed E-state index contributed by atoms with van der Waals surface area (Å²) in [6, 6.07) is 11.5. The molecule has 0 aliphatic carbocycles. The first-order chi connectivity index (χ1) is 11.1. The van der Waals surface area contributed by atoms with Gasteiger partial charge in [-0.2, -0.15) is 0 Å². The van der Waals surface area contributed by atoms with Crippen LogP contribution in [0, 0.1) is 5.92 Å². The molecule has 1 saturated heterocycles. The van der Waals surface area contributed by atoms with E-state index in [1.165, 1.54) is 38.0 Å². The normalized spacial score (nSPS) is 16.9. The van der Waals surface area contributed by atoms with Crippen LogP contribution in [0.3, 0.4) is 0 Å². The van der Waals surface area contributed by atoms with Gasteiger partial charge in [-0.1, -0.05) is 58.0 Å². The Morgan fingerprint density at radius 2 is 1.57 bits per heavy atom. The molecular formula is C21H40N2. The Hall–Kier alpha value is -0.860. The summed E-state index contributed by atoms with van der Waals surface area (Å²) in [7, 11) is 4.52. The summed E-state index contributed by atoms with van der Waals surface area (Å²) >= 11 is 0. The van der Waals surface area contributed by atoms with E-state index in [1.54, 1.807) is 0 Å². The van der Waals surface area contributed by atoms with Gasteiger partial charge in [0.15, 0.2) is 0 Å². The summed E-state index contributed by atoms with van der Waals surface area (Å²) in [5.41, 5.74) is 1.45. The minimum Gasteiger partial charge on any atom is -0.306 e. The van der Waals surface area contributed by atoms with Gasteiger partial charge < -0.3 is 9.80 Å². The zero-order valence-electron chi connectivity index (χ0n) is 16.7. The molecule has 0 saturated carbocycles. The SMILES string of the molecule is CC.CC.CC(Cc1ccccc1)N(C)CC1CCN(C)CC1. The van der Waals surface area contributed by atoms with Crippen LogP contribution >= 0.6 is 0 Å². The lowest BCUT2D eigenvalue weighted by Crippen LogP contribution is -2.39. The third kappa shape index (κ3) is 9.12. The number of hydrogen-bond donors (Lipinski definition) is 0. The van der Waals surface area contributed by atoms with Crippen molar-refractivity contribution in [3.63, 3.8) is 0 Å². The van der Waals surface area contributed by atoms with Crippen LogP contribution in [0.25, 0.3) is 0 Å². The van der Waals surface area contributed by atoms with Crippen molar-refractivity contribution < 1.29 is 0 Å². The zero-order chi connectivity index (χ0) is 17.7. The summed E-state index contributed by atoms with van der Waals surface area (Å²) in [6.45, 7) is 14.1. The fourth-order valence-corrected chi connectivity index (χ4v) is 2.94. The first kappa shape index (κ1) is 22.1. The lowest BCUT2D eigenvalue weighted by molar-refractivity contribution is 0.154. The lowest BCUT2D eigenvalue weighted by Gasteiger charge is -2.34. The number of likely N-dealkylation sites (N-methyl/N-ethyl adjacent to an activating group) is 1. The largest absolute Gasteiger partial charge is 0.306 e. The molecule has 2 nitrogen and oxygen atoms in total. The van der Waals surface area contributed by atoms with E-state index in [4.69, 9.17) is 0 Å². The topological polar surface area (TPSA) is 6.48 Å². The third-order valence-electron chi connectivity index (χ3n) is 4.51. The van der Waals surface area contributed by atoms with E-state index in [9.17, 15) is 0 Å². The van der Waals surface area contributed by atoms with Gasteiger partial charge in [-0.05, 0) is 64.9 Å². The number of piperidine rings is 1. The van der Waals surface area contributed by atoms with Gasteiger partial charge in [0.1, 0.15) is 0 Å². The smallest absolute Gasteiger partial charge is 0.0104 e. The van der Waals surface area contributed by atoms with Gasteiger partial charge in [0.05, 0.1) is 0 Å². The average Bonchev–Trinajstić information content (AvgIpc) is 2.61. The van der Waals surface area contributed by atoms with Crippen molar-refractivity contribution in [3.05, 3.63) is 35.9 Å². The molecule has 0 aromatic heterocycles. The van der Waals surface area contributed by atoms with Crippen LogP contribution in [0.2, 0.25) is 0 Å². The monoisotopic (exact) mass is 320 g/mol. The molecule has 2 heteroatoms. The predicted octanol–water partition coefficient (Wildman–Crippen LogP) is 4.94. The second kappa shape index (κ2) is 13.6. The molecule has 23 heavy (non-hydrogen) atoms. The molecule has 1 fully saturated rings. The van der Waals surface area contributed by atoms with Crippen LogP contribution in [0.15, 0.2) is 30.3 Å². The number of benzene rings is 1. The van der Waals surface area contributed by atoms with Gasteiger partial charge >= 0.3 is 0 Å². The fourth-order valence-electron chi connectivity index (χ4n) is 2.94. The van der Waals surface area contributed by atoms with Crippen molar-refractivity contribution in [2.75, 3.05) is 33.7 Å². The number of nitrogens with zero attached hydrogens (tertiary/aromatic N) is 2. The minimum atomic E-state index is 0.627. The molecule has 0 radical (unpaired) electrons. The van der Waals surface area contributed by atoms with Crippen LogP contribution < -0.4 is 0 Å². The Kier molecular flexibility index (Phi) is 13.1. The molecule has 2 rings (SSSR count). The van der Waals surface area contributed by atoms with Gasteiger partial charge in [0.2, 0.25) is 0 Å². The van der Waals surface area contributed by atoms with Gasteiger partial charge in [0, 0.05) is 12.6 Å². The quantitative estimate of drug-likeness (QED) is 0.758. The van der Waals surface area contributed by atoms with Crippen LogP contribution in [0.4, 0.5) is 0 Å². The highest BCUT2D eigenvalue weighted by molar-refractivity contribution is 5.15. The average molecular weight is 321 g/mol. The van der Waals surface area contributed by atoms with Gasteiger partial charge in [0.25, 0.3) is 0 Å². The second-order valence-corrected chi connectivity index (χ2v) is 6.22.